The molecule has 7 heteroatoms. The van der Waals surface area contributed by atoms with Crippen molar-refractivity contribution < 1.29 is 15.3 Å². The van der Waals surface area contributed by atoms with Crippen LogP contribution < -0.4 is 5.48 Å². The van der Waals surface area contributed by atoms with Crippen molar-refractivity contribution in [3.05, 3.63) is 5.21 Å². The number of aliphatic hydroxyl groups is 3. The molecule has 0 bridgehead atoms. The molecule has 0 aromatic carbocycles. The highest BCUT2D eigenvalue weighted by molar-refractivity contribution is 4.87. The normalized spacial score (nSPS) is 43.8. The molecule has 7 nitrogen and oxygen atoms in total. The number of hydrogen-bond donors (Lipinski definition) is 4. The number of rotatable bonds is 1. The minimum Gasteiger partial charge on any atom is -0.787 e. The Bertz CT molecular complexity index is 165. The van der Waals surface area contributed by atoms with Gasteiger partial charge in [-0.3, -0.25) is 0 Å². The molecule has 0 spiro atoms. The van der Waals surface area contributed by atoms with Crippen molar-refractivity contribution in [1.29, 1.82) is 0 Å². The van der Waals surface area contributed by atoms with Crippen LogP contribution in [-0.4, -0.2) is 64.1 Å². The van der Waals surface area contributed by atoms with Gasteiger partial charge in [0.1, 0.15) is 12.5 Å². The van der Waals surface area contributed by atoms with Crippen molar-refractivity contribution in [2.24, 2.45) is 0 Å². The first-order chi connectivity index (χ1) is 6.00. The molecular weight excluding hydrogens is 178 g/mol. The van der Waals surface area contributed by atoms with Crippen LogP contribution in [-0.2, 0) is 0 Å². The van der Waals surface area contributed by atoms with Gasteiger partial charge in [0.15, 0.2) is 6.35 Å². The van der Waals surface area contributed by atoms with Gasteiger partial charge in [-0.2, -0.15) is 0 Å². The molecule has 0 amide bonds. The second-order valence-electron chi connectivity index (χ2n) is 3.15. The highest BCUT2D eigenvalue weighted by Crippen LogP contribution is 2.18. The van der Waals surface area contributed by atoms with Crippen LogP contribution in [0.15, 0.2) is 0 Å². The van der Waals surface area contributed by atoms with E-state index in [9.17, 15) is 20.5 Å². The van der Waals surface area contributed by atoms with Gasteiger partial charge in [-0.1, -0.05) is 0 Å². The zero-order chi connectivity index (χ0) is 10.2. The average Bonchev–Trinajstić information content (AvgIpc) is 2.13. The Labute approximate surface area is 75.8 Å². The van der Waals surface area contributed by atoms with Gasteiger partial charge in [0.05, 0.1) is 6.04 Å². The number of nitrogens with one attached hydrogen (secondary N) is 1. The summed E-state index contributed by atoms with van der Waals surface area (Å²) in [5.41, 5.74) is 1.54. The lowest BCUT2D eigenvalue weighted by Crippen LogP contribution is -2.69. The van der Waals surface area contributed by atoms with Crippen LogP contribution in [0.3, 0.4) is 0 Å². The number of hydrogen-bond acceptors (Lipinski definition) is 7. The van der Waals surface area contributed by atoms with Crippen molar-refractivity contribution in [3.8, 4) is 0 Å². The molecule has 0 aromatic heterocycles. The largest absolute Gasteiger partial charge is 0.787 e. The third-order valence-electron chi connectivity index (χ3n) is 2.34. The molecule has 1 heterocycles. The minimum absolute atomic E-state index is 1.04. The van der Waals surface area contributed by atoms with E-state index in [1.807, 2.05) is 0 Å². The molecule has 1 rings (SSSR count). The van der Waals surface area contributed by atoms with Gasteiger partial charge < -0.3 is 26.0 Å². The zero-order valence-corrected chi connectivity index (χ0v) is 7.45. The average molecular weight is 192 g/mol. The topological polar surface area (TPSA) is 102 Å². The van der Waals surface area contributed by atoms with Gasteiger partial charge in [-0.25, -0.2) is 9.80 Å². The number of likely N-dealkylation sites (N-methyl/N-ethyl adjacent to an activating group) is 2. The van der Waals surface area contributed by atoms with E-state index in [1.54, 1.807) is 5.48 Å². The summed E-state index contributed by atoms with van der Waals surface area (Å²) < 4.78 is 0. The molecule has 1 saturated heterocycles. The van der Waals surface area contributed by atoms with E-state index in [0.29, 0.717) is 0 Å². The molecule has 1 fully saturated rings. The molecule has 0 saturated carbocycles. The molecule has 0 radical (unpaired) electrons. The molecule has 0 aliphatic carbocycles. The van der Waals surface area contributed by atoms with Crippen LogP contribution in [0.25, 0.3) is 0 Å². The van der Waals surface area contributed by atoms with Crippen molar-refractivity contribution in [2.75, 3.05) is 14.1 Å². The molecule has 78 valence electrons. The van der Waals surface area contributed by atoms with E-state index in [1.165, 1.54) is 23.9 Å². The van der Waals surface area contributed by atoms with E-state index in [2.05, 4.69) is 0 Å². The Kier molecular flexibility index (Phi) is 3.19. The van der Waals surface area contributed by atoms with Crippen LogP contribution in [0, 0.1) is 5.21 Å². The first-order valence-corrected chi connectivity index (χ1v) is 3.86. The Morgan fingerprint density at radius 3 is 1.77 bits per heavy atom. The maximum absolute atomic E-state index is 10.4. The fourth-order valence-electron chi connectivity index (χ4n) is 1.34. The molecule has 2 unspecified atom stereocenters. The van der Waals surface area contributed by atoms with E-state index in [0.717, 1.165) is 0 Å². The minimum atomic E-state index is -1.21. The second-order valence-corrected chi connectivity index (χ2v) is 3.15. The standard InChI is InChI=1S/C6H14N3O4/c1-8-4(10)3(7-13)5(11)9(2)6(8)12/h3-7,10-12H,1-2H3/q-1. The fourth-order valence-corrected chi connectivity index (χ4v) is 1.34. The van der Waals surface area contributed by atoms with Gasteiger partial charge in [-0.05, 0) is 14.1 Å². The third kappa shape index (κ3) is 1.67. The van der Waals surface area contributed by atoms with Crippen molar-refractivity contribution in [3.63, 3.8) is 0 Å². The summed E-state index contributed by atoms with van der Waals surface area (Å²) in [5.74, 6) is 0. The summed E-state index contributed by atoms with van der Waals surface area (Å²) in [4.78, 5) is 2.34. The molecule has 1 aliphatic rings. The van der Waals surface area contributed by atoms with Gasteiger partial charge in [0, 0.05) is 0 Å². The quantitative estimate of drug-likeness (QED) is 0.333. The highest BCUT2D eigenvalue weighted by Gasteiger charge is 2.41. The lowest BCUT2D eigenvalue weighted by atomic mass is 10.1. The molecule has 2 atom stereocenters. The van der Waals surface area contributed by atoms with Crippen LogP contribution in [0.5, 0.6) is 0 Å². The summed E-state index contributed by atoms with van der Waals surface area (Å²) >= 11 is 0. The van der Waals surface area contributed by atoms with Gasteiger partial charge >= 0.3 is 0 Å². The fraction of sp³-hybridized carbons (Fsp3) is 1.00. The van der Waals surface area contributed by atoms with E-state index >= 15 is 0 Å². The Hall–Kier alpha value is -0.280. The summed E-state index contributed by atoms with van der Waals surface area (Å²) in [6.45, 7) is 0. The smallest absolute Gasteiger partial charge is 0.169 e. The van der Waals surface area contributed by atoms with Gasteiger partial charge in [0.2, 0.25) is 0 Å². The maximum Gasteiger partial charge on any atom is 0.169 e. The monoisotopic (exact) mass is 192 g/mol. The first-order valence-electron chi connectivity index (χ1n) is 3.86. The van der Waals surface area contributed by atoms with Gasteiger partial charge in [0.25, 0.3) is 0 Å². The maximum atomic E-state index is 10.4. The summed E-state index contributed by atoms with van der Waals surface area (Å²) in [6.07, 6.45) is -3.52. The Morgan fingerprint density at radius 2 is 1.46 bits per heavy atom. The van der Waals surface area contributed by atoms with E-state index in [4.69, 9.17) is 0 Å². The number of hydroxylamine groups is 1. The van der Waals surface area contributed by atoms with Crippen molar-refractivity contribution >= 4 is 0 Å². The third-order valence-corrected chi connectivity index (χ3v) is 2.34. The highest BCUT2D eigenvalue weighted by atomic mass is 16.5. The molecule has 4 N–H and O–H groups in total. The molecule has 1 aliphatic heterocycles. The summed E-state index contributed by atoms with van der Waals surface area (Å²) in [5, 5.41) is 38.6. The second kappa shape index (κ2) is 3.84. The molecule has 0 aromatic rings. The van der Waals surface area contributed by atoms with Gasteiger partial charge in [-0.15, -0.1) is 0 Å². The number of nitrogens with zero attached hydrogens (tertiary/aromatic N) is 2. The van der Waals surface area contributed by atoms with Crippen LogP contribution >= 0.6 is 0 Å². The van der Waals surface area contributed by atoms with Crippen LogP contribution in [0.1, 0.15) is 0 Å². The lowest BCUT2D eigenvalue weighted by molar-refractivity contribution is -0.253. The van der Waals surface area contributed by atoms with Crippen LogP contribution in [0.4, 0.5) is 0 Å². The molecule has 13 heavy (non-hydrogen) atoms. The van der Waals surface area contributed by atoms with E-state index in [-0.39, 0.29) is 0 Å². The lowest BCUT2D eigenvalue weighted by Gasteiger charge is -2.48. The summed E-state index contributed by atoms with van der Waals surface area (Å²) in [6, 6.07) is -1.04. The van der Waals surface area contributed by atoms with Crippen molar-refractivity contribution in [1.82, 2.24) is 15.3 Å². The summed E-state index contributed by atoms with van der Waals surface area (Å²) in [7, 11) is 2.89. The van der Waals surface area contributed by atoms with Crippen LogP contribution in [0.2, 0.25) is 0 Å². The SMILES string of the molecule is CN1C(O)C(N[O-])C(O)N(C)C1O. The predicted octanol–water partition coefficient (Wildman–Crippen LogP) is -2.77. The zero-order valence-electron chi connectivity index (χ0n) is 7.45. The first kappa shape index (κ1) is 10.8. The predicted molar refractivity (Wildman–Crippen MR) is 43.8 cm³/mol. The molecular formula is C6H14N3O4-. The number of aliphatic hydroxyl groups excluding tert-OH is 3. The van der Waals surface area contributed by atoms with E-state index < -0.39 is 24.8 Å². The Morgan fingerprint density at radius 1 is 1.08 bits per heavy atom. The van der Waals surface area contributed by atoms with Crippen molar-refractivity contribution in [2.45, 2.75) is 24.8 Å². The Balaban J connectivity index is 2.79.